The minimum atomic E-state index is -2.81. The minimum absolute atomic E-state index is 0.125. The largest absolute Gasteiger partial charge is 0.524 e. The maximum Gasteiger partial charge on any atom is 0.524 e. The first-order valence-electron chi connectivity index (χ1n) is 6.09. The summed E-state index contributed by atoms with van der Waals surface area (Å²) in [5.74, 6) is 0. The zero-order valence-corrected chi connectivity index (χ0v) is 11.8. The van der Waals surface area contributed by atoms with Crippen molar-refractivity contribution in [1.82, 2.24) is 4.90 Å². The molecule has 0 aliphatic carbocycles. The molecule has 1 rings (SSSR count). The molecule has 1 aliphatic heterocycles. The molecule has 0 saturated carbocycles. The SMILES string of the molecule is CCO[Si](OCC)(OCC)C1CCN1C(N)=O. The van der Waals surface area contributed by atoms with Gasteiger partial charge in [0.05, 0.1) is 0 Å². The lowest BCUT2D eigenvalue weighted by atomic mass is 10.2. The fraction of sp³-hybridized carbons (Fsp3) is 0.900. The second-order valence-electron chi connectivity index (χ2n) is 3.74. The summed E-state index contributed by atoms with van der Waals surface area (Å²) >= 11 is 0. The van der Waals surface area contributed by atoms with Crippen LogP contribution in [0.5, 0.6) is 0 Å². The van der Waals surface area contributed by atoms with Gasteiger partial charge >= 0.3 is 14.8 Å². The molecule has 0 aromatic heterocycles. The second kappa shape index (κ2) is 6.34. The van der Waals surface area contributed by atoms with Crippen LogP contribution in [-0.4, -0.2) is 51.8 Å². The number of hydrogen-bond acceptors (Lipinski definition) is 4. The van der Waals surface area contributed by atoms with E-state index in [2.05, 4.69) is 0 Å². The molecule has 6 nitrogen and oxygen atoms in total. The lowest BCUT2D eigenvalue weighted by Crippen LogP contribution is -2.70. The van der Waals surface area contributed by atoms with Crippen molar-refractivity contribution in [3.8, 4) is 0 Å². The normalized spacial score (nSPS) is 20.2. The van der Waals surface area contributed by atoms with Crippen molar-refractivity contribution < 1.29 is 18.1 Å². The molecule has 1 unspecified atom stereocenters. The Morgan fingerprint density at radius 3 is 1.94 bits per heavy atom. The summed E-state index contributed by atoms with van der Waals surface area (Å²) in [5.41, 5.74) is 5.19. The summed E-state index contributed by atoms with van der Waals surface area (Å²) in [6, 6.07) is -0.433. The van der Waals surface area contributed by atoms with Crippen molar-refractivity contribution >= 4 is 14.8 Å². The lowest BCUT2D eigenvalue weighted by molar-refractivity contribution is 0.0193. The monoisotopic (exact) mass is 262 g/mol. The number of nitrogens with two attached hydrogens (primary N) is 1. The molecule has 0 aromatic carbocycles. The summed E-state index contributed by atoms with van der Waals surface area (Å²) in [6.07, 6.45) is 0.829. The number of primary amides is 1. The molecular weight excluding hydrogens is 240 g/mol. The highest BCUT2D eigenvalue weighted by molar-refractivity contribution is 6.63. The van der Waals surface area contributed by atoms with Crippen LogP contribution >= 0.6 is 0 Å². The number of urea groups is 1. The van der Waals surface area contributed by atoms with Crippen LogP contribution in [0.1, 0.15) is 27.2 Å². The molecule has 0 aromatic rings. The molecule has 0 radical (unpaired) electrons. The van der Waals surface area contributed by atoms with E-state index in [1.165, 1.54) is 0 Å². The Bertz CT molecular complexity index is 248. The minimum Gasteiger partial charge on any atom is -0.373 e. The van der Waals surface area contributed by atoms with Crippen molar-refractivity contribution in [1.29, 1.82) is 0 Å². The number of amides is 2. The van der Waals surface area contributed by atoms with Crippen molar-refractivity contribution in [2.24, 2.45) is 5.73 Å². The van der Waals surface area contributed by atoms with Crippen LogP contribution in [0.3, 0.4) is 0 Å². The molecule has 1 atom stereocenters. The molecule has 2 amide bonds. The zero-order valence-electron chi connectivity index (χ0n) is 10.8. The molecule has 0 spiro atoms. The lowest BCUT2D eigenvalue weighted by Gasteiger charge is -2.46. The Balaban J connectivity index is 2.82. The van der Waals surface area contributed by atoms with Gasteiger partial charge in [-0.25, -0.2) is 4.79 Å². The van der Waals surface area contributed by atoms with Gasteiger partial charge in [-0.3, -0.25) is 0 Å². The van der Waals surface area contributed by atoms with E-state index in [-0.39, 0.29) is 5.67 Å². The fourth-order valence-corrected chi connectivity index (χ4v) is 5.19. The van der Waals surface area contributed by atoms with Crippen molar-refractivity contribution in [2.45, 2.75) is 32.9 Å². The average molecular weight is 262 g/mol. The van der Waals surface area contributed by atoms with Gasteiger partial charge in [0.1, 0.15) is 5.67 Å². The molecule has 1 aliphatic rings. The fourth-order valence-electron chi connectivity index (χ4n) is 2.04. The third-order valence-corrected chi connectivity index (χ3v) is 6.24. The van der Waals surface area contributed by atoms with Crippen LogP contribution in [-0.2, 0) is 13.3 Å². The van der Waals surface area contributed by atoms with Crippen LogP contribution in [0.2, 0.25) is 0 Å². The first-order chi connectivity index (χ1) is 8.11. The Morgan fingerprint density at radius 2 is 1.71 bits per heavy atom. The highest BCUT2D eigenvalue weighted by Crippen LogP contribution is 2.29. The highest BCUT2D eigenvalue weighted by atomic mass is 28.4. The predicted molar refractivity (Wildman–Crippen MR) is 65.3 cm³/mol. The summed E-state index contributed by atoms with van der Waals surface area (Å²) in [7, 11) is -2.81. The summed E-state index contributed by atoms with van der Waals surface area (Å²) < 4.78 is 17.2. The van der Waals surface area contributed by atoms with Gasteiger partial charge in [-0.05, 0) is 27.2 Å². The molecule has 2 N–H and O–H groups in total. The number of hydrogen-bond donors (Lipinski definition) is 1. The Hall–Kier alpha value is -0.633. The maximum absolute atomic E-state index is 11.3. The standard InChI is InChI=1S/C10H22N2O4Si/c1-4-14-17(15-5-2,16-6-3)9-7-8-12(9)10(11)13/h9H,4-8H2,1-3H3,(H2,11,13). The summed E-state index contributed by atoms with van der Waals surface area (Å²) in [4.78, 5) is 12.8. The first-order valence-corrected chi connectivity index (χ1v) is 7.89. The molecule has 100 valence electrons. The smallest absolute Gasteiger partial charge is 0.373 e. The summed E-state index contributed by atoms with van der Waals surface area (Å²) in [5, 5.41) is 0. The molecule has 1 saturated heterocycles. The molecule has 1 heterocycles. The second-order valence-corrected chi connectivity index (χ2v) is 6.48. The Kier molecular flexibility index (Phi) is 5.38. The number of carbonyl (C=O) groups excluding carboxylic acids is 1. The van der Waals surface area contributed by atoms with Gasteiger partial charge in [-0.2, -0.15) is 0 Å². The van der Waals surface area contributed by atoms with Crippen molar-refractivity contribution in [3.05, 3.63) is 0 Å². The van der Waals surface area contributed by atoms with Gasteiger partial charge in [0, 0.05) is 26.4 Å². The average Bonchev–Trinajstić information content (AvgIpc) is 2.15. The first kappa shape index (κ1) is 14.4. The maximum atomic E-state index is 11.3. The van der Waals surface area contributed by atoms with Gasteiger partial charge in [0.15, 0.2) is 0 Å². The molecule has 7 heteroatoms. The van der Waals surface area contributed by atoms with E-state index in [0.717, 1.165) is 6.42 Å². The van der Waals surface area contributed by atoms with Crippen LogP contribution in [0, 0.1) is 0 Å². The van der Waals surface area contributed by atoms with E-state index in [9.17, 15) is 4.79 Å². The van der Waals surface area contributed by atoms with Gasteiger partial charge in [-0.15, -0.1) is 0 Å². The molecular formula is C10H22N2O4Si. The quantitative estimate of drug-likeness (QED) is 0.686. The predicted octanol–water partition coefficient (Wildman–Crippen LogP) is 0.727. The third kappa shape index (κ3) is 2.98. The van der Waals surface area contributed by atoms with E-state index in [4.69, 9.17) is 19.0 Å². The van der Waals surface area contributed by atoms with E-state index in [0.29, 0.717) is 26.4 Å². The Morgan fingerprint density at radius 1 is 1.24 bits per heavy atom. The topological polar surface area (TPSA) is 74.0 Å². The third-order valence-electron chi connectivity index (χ3n) is 2.75. The number of carbonyl (C=O) groups is 1. The summed E-state index contributed by atoms with van der Waals surface area (Å²) in [6.45, 7) is 7.87. The van der Waals surface area contributed by atoms with E-state index in [1.807, 2.05) is 20.8 Å². The van der Waals surface area contributed by atoms with Crippen molar-refractivity contribution in [3.63, 3.8) is 0 Å². The molecule has 0 bridgehead atoms. The van der Waals surface area contributed by atoms with Gasteiger partial charge in [0.2, 0.25) is 0 Å². The Labute approximate surface area is 103 Å². The molecule has 17 heavy (non-hydrogen) atoms. The van der Waals surface area contributed by atoms with Crippen LogP contribution < -0.4 is 5.73 Å². The van der Waals surface area contributed by atoms with Gasteiger partial charge in [-0.1, -0.05) is 0 Å². The van der Waals surface area contributed by atoms with E-state index in [1.54, 1.807) is 4.90 Å². The van der Waals surface area contributed by atoms with Crippen molar-refractivity contribution in [2.75, 3.05) is 26.4 Å². The van der Waals surface area contributed by atoms with Gasteiger partial charge in [0.25, 0.3) is 0 Å². The van der Waals surface area contributed by atoms with Crippen LogP contribution in [0.25, 0.3) is 0 Å². The number of nitrogens with zero attached hydrogens (tertiary/aromatic N) is 1. The highest BCUT2D eigenvalue weighted by Gasteiger charge is 2.56. The van der Waals surface area contributed by atoms with Crippen LogP contribution in [0.15, 0.2) is 0 Å². The zero-order chi connectivity index (χ0) is 12.9. The number of likely N-dealkylation sites (tertiary alicyclic amines) is 1. The van der Waals surface area contributed by atoms with Crippen LogP contribution in [0.4, 0.5) is 4.79 Å². The van der Waals surface area contributed by atoms with E-state index < -0.39 is 14.8 Å². The van der Waals surface area contributed by atoms with Gasteiger partial charge < -0.3 is 23.9 Å². The van der Waals surface area contributed by atoms with E-state index >= 15 is 0 Å². The number of rotatable bonds is 7. The molecule has 1 fully saturated rings.